The molecule has 1 saturated heterocycles. The second-order valence-corrected chi connectivity index (χ2v) is 9.21. The van der Waals surface area contributed by atoms with Gasteiger partial charge in [0, 0.05) is 12.5 Å². The van der Waals surface area contributed by atoms with Crippen molar-refractivity contribution in [1.29, 1.82) is 0 Å². The molecular formula is C27H30F6N2O4. The van der Waals surface area contributed by atoms with Crippen LogP contribution in [0.5, 0.6) is 0 Å². The molecule has 3 atom stereocenters. The molecule has 3 rings (SSSR count). The third-order valence-electron chi connectivity index (χ3n) is 6.45. The van der Waals surface area contributed by atoms with Gasteiger partial charge in [0.1, 0.15) is 5.78 Å². The van der Waals surface area contributed by atoms with E-state index in [-0.39, 0.29) is 35.8 Å². The van der Waals surface area contributed by atoms with Crippen LogP contribution >= 0.6 is 0 Å². The van der Waals surface area contributed by atoms with Crippen LogP contribution in [-0.2, 0) is 31.5 Å². The molecule has 12 heteroatoms. The van der Waals surface area contributed by atoms with Crippen LogP contribution < -0.4 is 5.84 Å². The molecular weight excluding hydrogens is 530 g/mol. The van der Waals surface area contributed by atoms with Gasteiger partial charge < -0.3 is 9.53 Å². The zero-order chi connectivity index (χ0) is 29.5. The smallest absolute Gasteiger partial charge is 0.416 e. The van der Waals surface area contributed by atoms with Crippen molar-refractivity contribution in [1.82, 2.24) is 5.01 Å². The number of rotatable bonds is 6. The van der Waals surface area contributed by atoms with Crippen LogP contribution in [0.15, 0.2) is 48.5 Å². The van der Waals surface area contributed by atoms with Gasteiger partial charge in [-0.2, -0.15) is 26.3 Å². The summed E-state index contributed by atoms with van der Waals surface area (Å²) in [7, 11) is 1.11. The number of hydrogen-bond donors (Lipinski definition) is 1. The molecule has 0 bridgehead atoms. The Balaban J connectivity index is 0.000000274. The number of hydrogen-bond acceptors (Lipinski definition) is 5. The van der Waals surface area contributed by atoms with Crippen molar-refractivity contribution in [2.75, 3.05) is 7.11 Å². The summed E-state index contributed by atoms with van der Waals surface area (Å²) in [5.74, 6) is 2.29. The molecule has 2 N–H and O–H groups in total. The topological polar surface area (TPSA) is 89.7 Å². The van der Waals surface area contributed by atoms with Gasteiger partial charge in [0.05, 0.1) is 30.1 Å². The Bertz CT molecular complexity index is 1170. The molecule has 0 spiro atoms. The molecule has 39 heavy (non-hydrogen) atoms. The van der Waals surface area contributed by atoms with Crippen LogP contribution in [0, 0.1) is 0 Å². The average molecular weight is 561 g/mol. The molecule has 214 valence electrons. The summed E-state index contributed by atoms with van der Waals surface area (Å²) in [4.78, 5) is 34.8. The van der Waals surface area contributed by atoms with Crippen molar-refractivity contribution in [3.05, 3.63) is 70.8 Å². The molecule has 2 aromatic rings. The molecule has 3 unspecified atom stereocenters. The SMILES string of the molecule is CC1CCC(c2ccccc2C(F)(F)F)C(=O)N1N.COC(=O)C(CCC(C)=O)c1ccccc1C(F)(F)F. The fourth-order valence-corrected chi connectivity index (χ4v) is 4.36. The number of nitrogens with two attached hydrogens (primary N) is 1. The first-order valence-electron chi connectivity index (χ1n) is 12.1. The van der Waals surface area contributed by atoms with E-state index in [4.69, 9.17) is 5.84 Å². The number of Topliss-reactive ketones (excluding diaryl/α,β-unsaturated/α-hetero) is 1. The number of carbonyl (C=O) groups excluding carboxylic acids is 3. The van der Waals surface area contributed by atoms with E-state index < -0.39 is 47.2 Å². The summed E-state index contributed by atoms with van der Waals surface area (Å²) < 4.78 is 82.3. The molecule has 1 aliphatic rings. The van der Waals surface area contributed by atoms with Crippen LogP contribution in [0.4, 0.5) is 26.3 Å². The normalized spacial score (nSPS) is 18.6. The van der Waals surface area contributed by atoms with Gasteiger partial charge in [0.15, 0.2) is 0 Å². The van der Waals surface area contributed by atoms with Crippen molar-refractivity contribution in [2.24, 2.45) is 5.84 Å². The van der Waals surface area contributed by atoms with E-state index in [1.165, 1.54) is 43.3 Å². The number of halogens is 6. The molecule has 0 aromatic heterocycles. The van der Waals surface area contributed by atoms with Crippen molar-refractivity contribution in [3.63, 3.8) is 0 Å². The van der Waals surface area contributed by atoms with Gasteiger partial charge in [-0.25, -0.2) is 5.84 Å². The second-order valence-electron chi connectivity index (χ2n) is 9.21. The Kier molecular flexibility index (Phi) is 10.7. The Morgan fingerprint density at radius 1 is 0.974 bits per heavy atom. The number of carbonyl (C=O) groups is 3. The minimum atomic E-state index is -4.56. The maximum atomic E-state index is 13.0. The van der Waals surface area contributed by atoms with Crippen LogP contribution in [0.1, 0.15) is 73.6 Å². The first kappa shape index (κ1) is 31.8. The zero-order valence-corrected chi connectivity index (χ0v) is 21.6. The van der Waals surface area contributed by atoms with Gasteiger partial charge in [-0.15, -0.1) is 0 Å². The second kappa shape index (κ2) is 13.1. The van der Waals surface area contributed by atoms with Gasteiger partial charge in [0.25, 0.3) is 0 Å². The fraction of sp³-hybridized carbons (Fsp3) is 0.444. The average Bonchev–Trinajstić information content (AvgIpc) is 2.87. The lowest BCUT2D eigenvalue weighted by molar-refractivity contribution is -0.145. The predicted octanol–water partition coefficient (Wildman–Crippen LogP) is 6.00. The predicted molar refractivity (Wildman–Crippen MR) is 130 cm³/mol. The molecule has 0 saturated carbocycles. The first-order valence-corrected chi connectivity index (χ1v) is 12.1. The van der Waals surface area contributed by atoms with E-state index in [0.717, 1.165) is 24.3 Å². The van der Waals surface area contributed by atoms with Gasteiger partial charge in [-0.3, -0.25) is 14.6 Å². The minimum Gasteiger partial charge on any atom is -0.469 e. The lowest BCUT2D eigenvalue weighted by Gasteiger charge is -2.35. The van der Waals surface area contributed by atoms with Crippen LogP contribution in [0.3, 0.4) is 0 Å². The highest BCUT2D eigenvalue weighted by Gasteiger charge is 2.40. The number of methoxy groups -OCH3 is 1. The van der Waals surface area contributed by atoms with Gasteiger partial charge in [-0.05, 0) is 56.4 Å². The zero-order valence-electron chi connectivity index (χ0n) is 21.6. The van der Waals surface area contributed by atoms with Crippen LogP contribution in [0.25, 0.3) is 0 Å². The van der Waals surface area contributed by atoms with Crippen molar-refractivity contribution >= 4 is 17.7 Å². The van der Waals surface area contributed by atoms with E-state index in [9.17, 15) is 40.7 Å². The van der Waals surface area contributed by atoms with E-state index in [0.29, 0.717) is 12.8 Å². The number of ketones is 1. The maximum Gasteiger partial charge on any atom is 0.416 e. The highest BCUT2D eigenvalue weighted by Crippen LogP contribution is 2.39. The number of benzene rings is 2. The molecule has 1 aliphatic heterocycles. The molecule has 1 fully saturated rings. The quantitative estimate of drug-likeness (QED) is 0.203. The monoisotopic (exact) mass is 560 g/mol. The lowest BCUT2D eigenvalue weighted by atomic mass is 9.85. The van der Waals surface area contributed by atoms with Gasteiger partial charge >= 0.3 is 18.3 Å². The Morgan fingerprint density at radius 3 is 2.05 bits per heavy atom. The number of esters is 1. The van der Waals surface area contributed by atoms with E-state index in [2.05, 4.69) is 4.74 Å². The van der Waals surface area contributed by atoms with Crippen LogP contribution in [0.2, 0.25) is 0 Å². The minimum absolute atomic E-state index is 0.00486. The fourth-order valence-electron chi connectivity index (χ4n) is 4.36. The number of ether oxygens (including phenoxy) is 1. The summed E-state index contributed by atoms with van der Waals surface area (Å²) in [6, 6.07) is 9.89. The molecule has 6 nitrogen and oxygen atoms in total. The van der Waals surface area contributed by atoms with E-state index >= 15 is 0 Å². The number of nitrogens with zero attached hydrogens (tertiary/aromatic N) is 1. The summed E-state index contributed by atoms with van der Waals surface area (Å²) in [5, 5.41) is 1.04. The van der Waals surface area contributed by atoms with Crippen molar-refractivity contribution in [2.45, 2.75) is 69.8 Å². The lowest BCUT2D eigenvalue weighted by Crippen LogP contribution is -2.50. The van der Waals surface area contributed by atoms with E-state index in [1.807, 2.05) is 0 Å². The Hall–Kier alpha value is -3.41. The number of alkyl halides is 6. The molecule has 0 aliphatic carbocycles. The first-order chi connectivity index (χ1) is 18.1. The standard InChI is InChI=1S/C14H15F3O3.C13H15F3N2O/c1-9(18)7-8-11(13(19)20-2)10-5-3-4-6-12(10)14(15,16)17;1-8-6-7-10(12(19)18(8)17)9-4-2-3-5-11(9)13(14,15)16/h3-6,11H,7-8H2,1-2H3;2-5,8,10H,6-7,17H2,1H3. The van der Waals surface area contributed by atoms with Crippen molar-refractivity contribution < 1.29 is 45.5 Å². The summed E-state index contributed by atoms with van der Waals surface area (Å²) in [6.07, 6.45) is -8.01. The maximum absolute atomic E-state index is 13.0. The summed E-state index contributed by atoms with van der Waals surface area (Å²) in [5.41, 5.74) is -1.77. The molecule has 1 amide bonds. The van der Waals surface area contributed by atoms with Crippen molar-refractivity contribution in [3.8, 4) is 0 Å². The summed E-state index contributed by atoms with van der Waals surface area (Å²) >= 11 is 0. The number of piperidine rings is 1. The summed E-state index contributed by atoms with van der Waals surface area (Å²) in [6.45, 7) is 3.10. The van der Waals surface area contributed by atoms with Gasteiger partial charge in [0.2, 0.25) is 5.91 Å². The van der Waals surface area contributed by atoms with E-state index in [1.54, 1.807) is 6.92 Å². The third kappa shape index (κ3) is 8.29. The molecule has 0 radical (unpaired) electrons. The number of hydrazine groups is 1. The third-order valence-corrected chi connectivity index (χ3v) is 6.45. The Morgan fingerprint density at radius 2 is 1.51 bits per heavy atom. The largest absolute Gasteiger partial charge is 0.469 e. The molecule has 1 heterocycles. The van der Waals surface area contributed by atoms with Crippen LogP contribution in [-0.4, -0.2) is 35.8 Å². The number of amides is 1. The van der Waals surface area contributed by atoms with Gasteiger partial charge in [-0.1, -0.05) is 36.4 Å². The highest BCUT2D eigenvalue weighted by molar-refractivity contribution is 5.84. The highest BCUT2D eigenvalue weighted by atomic mass is 19.4. The Labute approximate surface area is 222 Å². The molecule has 2 aromatic carbocycles.